The minimum absolute atomic E-state index is 0.0473. The maximum absolute atomic E-state index is 13.6. The molecule has 1 aliphatic carbocycles. The van der Waals surface area contributed by atoms with Crippen LogP contribution in [0.25, 0.3) is 0 Å². The molecule has 0 atom stereocenters. The van der Waals surface area contributed by atoms with Crippen LogP contribution >= 0.6 is 0 Å². The van der Waals surface area contributed by atoms with Crippen LogP contribution in [-0.4, -0.2) is 28.4 Å². The Balaban J connectivity index is 2.07. The van der Waals surface area contributed by atoms with Gasteiger partial charge in [-0.15, -0.1) is 0 Å². The molecule has 2 aromatic rings. The zero-order valence-corrected chi connectivity index (χ0v) is 18.2. The highest BCUT2D eigenvalue weighted by atomic mass is 32.2. The van der Waals surface area contributed by atoms with Gasteiger partial charge in [0.1, 0.15) is 4.75 Å². The van der Waals surface area contributed by atoms with Crippen LogP contribution in [0.3, 0.4) is 0 Å². The predicted molar refractivity (Wildman–Crippen MR) is 107 cm³/mol. The van der Waals surface area contributed by atoms with Gasteiger partial charge in [0.25, 0.3) is 0 Å². The highest BCUT2D eigenvalue weighted by Crippen LogP contribution is 2.52. The number of alkyl halides is 3. The van der Waals surface area contributed by atoms with Crippen LogP contribution in [0.1, 0.15) is 35.1 Å². The topological polar surface area (TPSA) is 80.3 Å². The quantitative estimate of drug-likeness (QED) is 0.733. The molecule has 0 saturated heterocycles. The fourth-order valence-corrected chi connectivity index (χ4v) is 6.89. The van der Waals surface area contributed by atoms with E-state index in [2.05, 4.69) is 0 Å². The fraction of sp³-hybridized carbons (Fsp3) is 0.400. The molecule has 0 aliphatic heterocycles. The monoisotopic (exact) mass is 461 g/mol. The summed E-state index contributed by atoms with van der Waals surface area (Å²) in [4.78, 5) is 0.0473. The van der Waals surface area contributed by atoms with Crippen molar-refractivity contribution in [3.63, 3.8) is 0 Å². The van der Waals surface area contributed by atoms with E-state index in [1.54, 1.807) is 42.8 Å². The van der Waals surface area contributed by atoms with E-state index in [9.17, 15) is 30.0 Å². The summed E-state index contributed by atoms with van der Waals surface area (Å²) < 4.78 is 88.6. The van der Waals surface area contributed by atoms with E-state index in [0.717, 1.165) is 11.1 Å². The number of aryl methyl sites for hydroxylation is 3. The van der Waals surface area contributed by atoms with Gasteiger partial charge in [0.15, 0.2) is 9.84 Å². The lowest BCUT2D eigenvalue weighted by Crippen LogP contribution is -2.58. The summed E-state index contributed by atoms with van der Waals surface area (Å²) in [5.41, 5.74) is -2.65. The third kappa shape index (κ3) is 3.76. The molecule has 0 unspecified atom stereocenters. The van der Waals surface area contributed by atoms with Crippen LogP contribution in [0.15, 0.2) is 47.4 Å². The Labute approximate surface area is 174 Å². The summed E-state index contributed by atoms with van der Waals surface area (Å²) in [5, 5.41) is 0. The molecule has 2 aromatic carbocycles. The van der Waals surface area contributed by atoms with E-state index in [4.69, 9.17) is 0 Å². The SMILES string of the molecule is Cc1ccc(S(=O)(=O)C2(c3cc(C)ccc3C)CC(NS(=O)(=O)C(F)(F)F)C2)cc1. The van der Waals surface area contributed by atoms with Crippen molar-refractivity contribution in [1.82, 2.24) is 4.72 Å². The smallest absolute Gasteiger partial charge is 0.223 e. The molecule has 1 aliphatic rings. The molecule has 3 rings (SSSR count). The van der Waals surface area contributed by atoms with Gasteiger partial charge in [-0.25, -0.2) is 21.6 Å². The Hall–Kier alpha value is -1.91. The molecule has 0 bridgehead atoms. The van der Waals surface area contributed by atoms with Gasteiger partial charge in [-0.3, -0.25) is 0 Å². The first-order valence-corrected chi connectivity index (χ1v) is 12.1. The lowest BCUT2D eigenvalue weighted by molar-refractivity contribution is -0.0455. The van der Waals surface area contributed by atoms with Crippen LogP contribution in [-0.2, 0) is 24.6 Å². The molecule has 0 amide bonds. The number of nitrogens with one attached hydrogen (secondary N) is 1. The highest BCUT2D eigenvalue weighted by molar-refractivity contribution is 7.92. The normalized spacial score (nSPS) is 22.5. The molecule has 1 saturated carbocycles. The molecular weight excluding hydrogens is 439 g/mol. The largest absolute Gasteiger partial charge is 0.511 e. The summed E-state index contributed by atoms with van der Waals surface area (Å²) in [7, 11) is -9.58. The molecule has 5 nitrogen and oxygen atoms in total. The minimum Gasteiger partial charge on any atom is -0.223 e. The Morgan fingerprint density at radius 3 is 1.97 bits per heavy atom. The van der Waals surface area contributed by atoms with E-state index >= 15 is 0 Å². The van der Waals surface area contributed by atoms with Crippen LogP contribution in [0, 0.1) is 20.8 Å². The summed E-state index contributed by atoms with van der Waals surface area (Å²) in [5.74, 6) is 0. The number of sulfone groups is 1. The highest BCUT2D eigenvalue weighted by Gasteiger charge is 2.59. The Morgan fingerprint density at radius 1 is 0.900 bits per heavy atom. The zero-order chi connectivity index (χ0) is 22.5. The van der Waals surface area contributed by atoms with Crippen molar-refractivity contribution in [1.29, 1.82) is 0 Å². The maximum Gasteiger partial charge on any atom is 0.511 e. The second kappa shape index (κ2) is 7.35. The summed E-state index contributed by atoms with van der Waals surface area (Å²) in [6.45, 7) is 5.33. The third-order valence-electron chi connectivity index (χ3n) is 5.51. The van der Waals surface area contributed by atoms with Gasteiger partial charge < -0.3 is 0 Å². The Bertz CT molecular complexity index is 1170. The first-order chi connectivity index (χ1) is 13.7. The standard InChI is InChI=1S/C20H22F3NO4S2/c1-13-5-8-17(9-6-13)29(25,26)19(18-10-14(2)4-7-15(18)3)11-16(12-19)24-30(27,28)20(21,22)23/h4-10,16,24H,11-12H2,1-3H3. The molecular formula is C20H22F3NO4S2. The van der Waals surface area contributed by atoms with Gasteiger partial charge in [-0.2, -0.15) is 13.2 Å². The Morgan fingerprint density at radius 2 is 1.43 bits per heavy atom. The molecule has 0 heterocycles. The molecule has 30 heavy (non-hydrogen) atoms. The lowest BCUT2D eigenvalue weighted by Gasteiger charge is -2.48. The van der Waals surface area contributed by atoms with Crippen molar-refractivity contribution in [3.05, 3.63) is 64.7 Å². The second-order valence-electron chi connectivity index (χ2n) is 7.80. The maximum atomic E-state index is 13.6. The minimum atomic E-state index is -5.57. The van der Waals surface area contributed by atoms with Gasteiger partial charge in [-0.1, -0.05) is 41.5 Å². The van der Waals surface area contributed by atoms with Gasteiger partial charge in [0.2, 0.25) is 0 Å². The van der Waals surface area contributed by atoms with Crippen molar-refractivity contribution < 1.29 is 30.0 Å². The van der Waals surface area contributed by atoms with Crippen LogP contribution < -0.4 is 4.72 Å². The number of rotatable bonds is 5. The Kier molecular flexibility index (Phi) is 5.58. The second-order valence-corrected chi connectivity index (χ2v) is 11.8. The van der Waals surface area contributed by atoms with Gasteiger partial charge >= 0.3 is 15.5 Å². The predicted octanol–water partition coefficient (Wildman–Crippen LogP) is 3.88. The summed E-state index contributed by atoms with van der Waals surface area (Å²) >= 11 is 0. The molecule has 10 heteroatoms. The first kappa shape index (κ1) is 22.8. The first-order valence-electron chi connectivity index (χ1n) is 9.17. The molecule has 0 spiro atoms. The molecule has 164 valence electrons. The zero-order valence-electron chi connectivity index (χ0n) is 16.6. The van der Waals surface area contributed by atoms with Gasteiger partial charge in [0.05, 0.1) is 4.90 Å². The van der Waals surface area contributed by atoms with Gasteiger partial charge in [0, 0.05) is 6.04 Å². The van der Waals surface area contributed by atoms with E-state index in [1.807, 2.05) is 13.0 Å². The molecule has 0 radical (unpaired) electrons. The van der Waals surface area contributed by atoms with Crippen molar-refractivity contribution in [2.45, 2.75) is 54.8 Å². The average Bonchev–Trinajstić information content (AvgIpc) is 2.59. The number of benzene rings is 2. The third-order valence-corrected chi connectivity index (χ3v) is 9.24. The van der Waals surface area contributed by atoms with Crippen molar-refractivity contribution in [2.24, 2.45) is 0 Å². The summed E-state index contributed by atoms with van der Waals surface area (Å²) in [6, 6.07) is 10.3. The average molecular weight is 462 g/mol. The lowest BCUT2D eigenvalue weighted by atomic mass is 9.73. The van der Waals surface area contributed by atoms with E-state index < -0.39 is 36.2 Å². The number of sulfonamides is 1. The number of hydrogen-bond donors (Lipinski definition) is 1. The number of halogens is 3. The van der Waals surface area contributed by atoms with Gasteiger partial charge in [-0.05, 0) is 56.9 Å². The van der Waals surface area contributed by atoms with E-state index in [1.165, 1.54) is 12.1 Å². The van der Waals surface area contributed by atoms with Crippen LogP contribution in [0.2, 0.25) is 0 Å². The molecule has 0 aromatic heterocycles. The van der Waals surface area contributed by atoms with E-state index in [-0.39, 0.29) is 17.7 Å². The fourth-order valence-electron chi connectivity index (χ4n) is 3.86. The van der Waals surface area contributed by atoms with Crippen LogP contribution in [0.4, 0.5) is 13.2 Å². The summed E-state index contributed by atoms with van der Waals surface area (Å²) in [6.07, 6.45) is -0.578. The van der Waals surface area contributed by atoms with Crippen LogP contribution in [0.5, 0.6) is 0 Å². The van der Waals surface area contributed by atoms with Crippen molar-refractivity contribution in [2.75, 3.05) is 0 Å². The molecule has 1 fully saturated rings. The van der Waals surface area contributed by atoms with E-state index in [0.29, 0.717) is 11.1 Å². The number of hydrogen-bond acceptors (Lipinski definition) is 4. The van der Waals surface area contributed by atoms with Crippen molar-refractivity contribution >= 4 is 19.9 Å². The van der Waals surface area contributed by atoms with Crippen molar-refractivity contribution in [3.8, 4) is 0 Å². The molecule has 1 N–H and O–H groups in total.